The number of amides is 1. The van der Waals surface area contributed by atoms with Crippen molar-refractivity contribution < 1.29 is 9.90 Å². The van der Waals surface area contributed by atoms with Crippen LogP contribution in [-0.2, 0) is 4.79 Å². The summed E-state index contributed by atoms with van der Waals surface area (Å²) in [6.07, 6.45) is 4.04. The van der Waals surface area contributed by atoms with E-state index < -0.39 is 5.60 Å². The minimum atomic E-state index is -0.524. The van der Waals surface area contributed by atoms with Gasteiger partial charge in [0.25, 0.3) is 0 Å². The van der Waals surface area contributed by atoms with E-state index in [0.717, 1.165) is 38.1 Å². The molecule has 0 heterocycles. The van der Waals surface area contributed by atoms with E-state index in [2.05, 4.69) is 17.1 Å². The highest BCUT2D eigenvalue weighted by molar-refractivity contribution is 5.77. The summed E-state index contributed by atoms with van der Waals surface area (Å²) >= 11 is 0. The van der Waals surface area contributed by atoms with Gasteiger partial charge in [-0.05, 0) is 38.6 Å². The third-order valence-corrected chi connectivity index (χ3v) is 4.09. The van der Waals surface area contributed by atoms with Crippen molar-refractivity contribution in [2.75, 3.05) is 26.7 Å². The summed E-state index contributed by atoms with van der Waals surface area (Å²) in [4.78, 5) is 13.6. The lowest BCUT2D eigenvalue weighted by atomic mass is 9.79. The van der Waals surface area contributed by atoms with Crippen LogP contribution in [0.15, 0.2) is 0 Å². The number of rotatable bonds is 6. The Morgan fingerprint density at radius 2 is 2.00 bits per heavy atom. The third-order valence-electron chi connectivity index (χ3n) is 4.09. The molecule has 2 N–H and O–H groups in total. The number of hydrogen-bond donors (Lipinski definition) is 2. The minimum absolute atomic E-state index is 0.0364. The maximum absolute atomic E-state index is 11.4. The molecule has 0 bridgehead atoms. The zero-order chi connectivity index (χ0) is 14.5. The molecule has 1 aliphatic carbocycles. The van der Waals surface area contributed by atoms with Crippen LogP contribution in [0, 0.1) is 11.8 Å². The predicted octanol–water partition coefficient (Wildman–Crippen LogP) is 1.63. The van der Waals surface area contributed by atoms with Gasteiger partial charge in [-0.15, -0.1) is 0 Å². The number of carbonyl (C=O) groups excluding carboxylic acids is 1. The Morgan fingerprint density at radius 1 is 1.42 bits per heavy atom. The number of nitrogens with zero attached hydrogens (tertiary/aromatic N) is 1. The fourth-order valence-corrected chi connectivity index (χ4v) is 2.61. The molecule has 0 aromatic rings. The first-order chi connectivity index (χ1) is 8.82. The second kappa shape index (κ2) is 7.25. The van der Waals surface area contributed by atoms with E-state index in [1.54, 1.807) is 0 Å². The van der Waals surface area contributed by atoms with Crippen LogP contribution in [0.2, 0.25) is 0 Å². The summed E-state index contributed by atoms with van der Waals surface area (Å²) in [7, 11) is 2.01. The van der Waals surface area contributed by atoms with Gasteiger partial charge in [0.2, 0.25) is 5.91 Å². The van der Waals surface area contributed by atoms with Gasteiger partial charge in [0.1, 0.15) is 0 Å². The zero-order valence-corrected chi connectivity index (χ0v) is 12.9. The Morgan fingerprint density at radius 3 is 2.53 bits per heavy atom. The van der Waals surface area contributed by atoms with Crippen LogP contribution in [0.3, 0.4) is 0 Å². The first kappa shape index (κ1) is 16.4. The number of hydrogen-bond acceptors (Lipinski definition) is 3. The molecule has 1 amide bonds. The molecule has 1 fully saturated rings. The number of nitrogens with one attached hydrogen (secondary N) is 1. The van der Waals surface area contributed by atoms with Gasteiger partial charge < -0.3 is 15.3 Å². The smallest absolute Gasteiger partial charge is 0.222 e. The van der Waals surface area contributed by atoms with Gasteiger partial charge in [-0.3, -0.25) is 4.79 Å². The lowest BCUT2D eigenvalue weighted by Crippen LogP contribution is -2.46. The maximum Gasteiger partial charge on any atom is 0.222 e. The number of aliphatic hydroxyl groups is 1. The van der Waals surface area contributed by atoms with Gasteiger partial charge in [-0.1, -0.05) is 20.8 Å². The van der Waals surface area contributed by atoms with E-state index in [1.807, 2.05) is 20.9 Å². The minimum Gasteiger partial charge on any atom is -0.389 e. The highest BCUT2D eigenvalue weighted by Crippen LogP contribution is 2.32. The zero-order valence-electron chi connectivity index (χ0n) is 12.9. The predicted molar refractivity (Wildman–Crippen MR) is 77.9 cm³/mol. The molecule has 0 spiro atoms. The van der Waals surface area contributed by atoms with Crippen molar-refractivity contribution in [3.05, 3.63) is 0 Å². The van der Waals surface area contributed by atoms with Crippen molar-refractivity contribution >= 4 is 5.91 Å². The molecule has 19 heavy (non-hydrogen) atoms. The molecule has 0 aromatic carbocycles. The molecule has 1 rings (SSSR count). The topological polar surface area (TPSA) is 52.6 Å². The Balaban J connectivity index is 2.23. The van der Waals surface area contributed by atoms with E-state index in [0.29, 0.717) is 13.1 Å². The Bertz CT molecular complexity index is 284. The first-order valence-corrected chi connectivity index (χ1v) is 7.51. The van der Waals surface area contributed by atoms with Crippen molar-refractivity contribution in [3.8, 4) is 0 Å². The average molecular weight is 270 g/mol. The van der Waals surface area contributed by atoms with E-state index in [-0.39, 0.29) is 11.8 Å². The monoisotopic (exact) mass is 270 g/mol. The standard InChI is InChI=1S/C15H30N2O2/c1-12(2)14(18)16-9-10-17(4)11-15(19)7-5-13(3)6-8-15/h12-13,19H,5-11H2,1-4H3,(H,16,18). The maximum atomic E-state index is 11.4. The molecule has 4 heteroatoms. The largest absolute Gasteiger partial charge is 0.389 e. The fourth-order valence-electron chi connectivity index (χ4n) is 2.61. The van der Waals surface area contributed by atoms with E-state index in [1.165, 1.54) is 0 Å². The van der Waals surface area contributed by atoms with E-state index >= 15 is 0 Å². The van der Waals surface area contributed by atoms with Gasteiger partial charge in [0, 0.05) is 25.6 Å². The van der Waals surface area contributed by atoms with Crippen LogP contribution in [-0.4, -0.2) is 48.2 Å². The van der Waals surface area contributed by atoms with Gasteiger partial charge >= 0.3 is 0 Å². The van der Waals surface area contributed by atoms with Gasteiger partial charge in [0.15, 0.2) is 0 Å². The summed E-state index contributed by atoms with van der Waals surface area (Å²) in [6, 6.07) is 0. The highest BCUT2D eigenvalue weighted by Gasteiger charge is 2.32. The van der Waals surface area contributed by atoms with Crippen LogP contribution in [0.25, 0.3) is 0 Å². The average Bonchev–Trinajstić information content (AvgIpc) is 2.33. The fraction of sp³-hybridized carbons (Fsp3) is 0.933. The van der Waals surface area contributed by atoms with Crippen LogP contribution < -0.4 is 5.32 Å². The highest BCUT2D eigenvalue weighted by atomic mass is 16.3. The number of carbonyl (C=O) groups is 1. The molecule has 1 aliphatic rings. The lowest BCUT2D eigenvalue weighted by Gasteiger charge is -2.37. The normalized spacial score (nSPS) is 27.8. The molecule has 0 unspecified atom stereocenters. The third kappa shape index (κ3) is 5.91. The molecule has 1 saturated carbocycles. The SMILES string of the molecule is CC1CCC(O)(CN(C)CCNC(=O)C(C)C)CC1. The summed E-state index contributed by atoms with van der Waals surface area (Å²) in [5.74, 6) is 0.879. The van der Waals surface area contributed by atoms with Crippen LogP contribution in [0.1, 0.15) is 46.5 Å². The Hall–Kier alpha value is -0.610. The van der Waals surface area contributed by atoms with Gasteiger partial charge in [-0.2, -0.15) is 0 Å². The summed E-state index contributed by atoms with van der Waals surface area (Å²) < 4.78 is 0. The first-order valence-electron chi connectivity index (χ1n) is 7.51. The van der Waals surface area contributed by atoms with Crippen LogP contribution in [0.5, 0.6) is 0 Å². The molecule has 0 aliphatic heterocycles. The van der Waals surface area contributed by atoms with Crippen molar-refractivity contribution in [1.82, 2.24) is 10.2 Å². The molecule has 112 valence electrons. The molecule has 0 atom stereocenters. The van der Waals surface area contributed by atoms with Gasteiger partial charge in [0.05, 0.1) is 5.60 Å². The van der Waals surface area contributed by atoms with Crippen molar-refractivity contribution in [2.45, 2.75) is 52.1 Å². The Kier molecular flexibility index (Phi) is 6.27. The molecule has 0 aromatic heterocycles. The van der Waals surface area contributed by atoms with Crippen LogP contribution >= 0.6 is 0 Å². The van der Waals surface area contributed by atoms with Crippen molar-refractivity contribution in [1.29, 1.82) is 0 Å². The molecule has 0 saturated heterocycles. The summed E-state index contributed by atoms with van der Waals surface area (Å²) in [5.41, 5.74) is -0.524. The Labute approximate surface area is 117 Å². The van der Waals surface area contributed by atoms with Crippen LogP contribution in [0.4, 0.5) is 0 Å². The molecule has 4 nitrogen and oxygen atoms in total. The second-order valence-electron chi connectivity index (χ2n) is 6.59. The van der Waals surface area contributed by atoms with E-state index in [4.69, 9.17) is 0 Å². The van der Waals surface area contributed by atoms with Crippen molar-refractivity contribution in [2.24, 2.45) is 11.8 Å². The van der Waals surface area contributed by atoms with E-state index in [9.17, 15) is 9.90 Å². The molecular weight excluding hydrogens is 240 g/mol. The quantitative estimate of drug-likeness (QED) is 0.771. The summed E-state index contributed by atoms with van der Waals surface area (Å²) in [6.45, 7) is 8.19. The van der Waals surface area contributed by atoms with Gasteiger partial charge in [-0.25, -0.2) is 0 Å². The second-order valence-corrected chi connectivity index (χ2v) is 6.59. The lowest BCUT2D eigenvalue weighted by molar-refractivity contribution is -0.124. The van der Waals surface area contributed by atoms with Crippen molar-refractivity contribution in [3.63, 3.8) is 0 Å². The number of likely N-dealkylation sites (N-methyl/N-ethyl adjacent to an activating group) is 1. The summed E-state index contributed by atoms with van der Waals surface area (Å²) in [5, 5.41) is 13.4. The molecular formula is C15H30N2O2. The molecule has 0 radical (unpaired) electrons.